The second kappa shape index (κ2) is 7.68. The Morgan fingerprint density at radius 3 is 2.42 bits per heavy atom. The molecule has 3 heteroatoms. The van der Waals surface area contributed by atoms with Crippen molar-refractivity contribution in [3.05, 3.63) is 83.4 Å². The fourth-order valence-electron chi connectivity index (χ4n) is 2.98. The fraction of sp³-hybridized carbons (Fsp3) is 0.143. The van der Waals surface area contributed by atoms with E-state index in [0.29, 0.717) is 0 Å². The van der Waals surface area contributed by atoms with Crippen molar-refractivity contribution in [3.8, 4) is 16.9 Å². The first kappa shape index (κ1) is 16.8. The number of aryl methyl sites for hydroxylation is 1. The van der Waals surface area contributed by atoms with Gasteiger partial charge < -0.3 is 4.74 Å². The molecule has 3 aromatic carbocycles. The first-order chi connectivity index (χ1) is 11.7. The molecular weight excluding hydrogens is 310 g/mol. The molecule has 3 aromatic rings. The summed E-state index contributed by atoms with van der Waals surface area (Å²) in [7, 11) is 4.77. The zero-order chi connectivity index (χ0) is 16.9. The third kappa shape index (κ3) is 3.71. The number of benzene rings is 3. The third-order valence-corrected chi connectivity index (χ3v) is 5.47. The van der Waals surface area contributed by atoms with Crippen LogP contribution in [0.4, 0.5) is 0 Å². The molecule has 1 unspecified atom stereocenters. The number of methoxy groups -OCH3 is 1. The molecule has 0 aromatic heterocycles. The molecule has 1 nitrogen and oxygen atoms in total. The Balaban J connectivity index is 1.95. The minimum absolute atomic E-state index is 0.825. The van der Waals surface area contributed by atoms with Crippen LogP contribution in [0.3, 0.4) is 0 Å². The van der Waals surface area contributed by atoms with Crippen LogP contribution in [0.15, 0.2) is 66.7 Å². The van der Waals surface area contributed by atoms with Gasteiger partial charge in [0.15, 0.2) is 0 Å². The quantitative estimate of drug-likeness (QED) is 0.505. The van der Waals surface area contributed by atoms with Gasteiger partial charge in [0.1, 0.15) is 13.3 Å². The van der Waals surface area contributed by atoms with E-state index in [1.165, 1.54) is 33.1 Å². The Bertz CT molecular complexity index is 827. The number of ether oxygens (including phenoxy) is 1. The van der Waals surface area contributed by atoms with E-state index in [4.69, 9.17) is 4.74 Å². The third-order valence-electron chi connectivity index (χ3n) is 4.39. The van der Waals surface area contributed by atoms with Gasteiger partial charge in [0.25, 0.3) is 0 Å². The molecule has 0 N–H and O–H groups in total. The van der Waals surface area contributed by atoms with Crippen LogP contribution >= 0.6 is 8.46 Å². The average molecular weight is 332 g/mol. The molecule has 0 aliphatic carbocycles. The van der Waals surface area contributed by atoms with Gasteiger partial charge in [-0.15, -0.1) is 8.46 Å². The molecule has 0 saturated heterocycles. The zero-order valence-electron chi connectivity index (χ0n) is 14.5. The normalized spacial score (nSPS) is 11.1. The lowest BCUT2D eigenvalue weighted by molar-refractivity contribution is 0.414. The summed E-state index contributed by atoms with van der Waals surface area (Å²) in [4.78, 5) is 0. The van der Waals surface area contributed by atoms with Gasteiger partial charge in [0.05, 0.1) is 7.11 Å². The molecule has 0 bridgehead atoms. The predicted molar refractivity (Wildman–Crippen MR) is 109 cm³/mol. The molecule has 0 spiro atoms. The number of rotatable bonds is 5. The maximum absolute atomic E-state index is 5.25. The molecular formula is C21H22BOP. The van der Waals surface area contributed by atoms with E-state index >= 15 is 0 Å². The van der Waals surface area contributed by atoms with Gasteiger partial charge >= 0.3 is 0 Å². The zero-order valence-corrected chi connectivity index (χ0v) is 15.5. The first-order valence-electron chi connectivity index (χ1n) is 8.21. The predicted octanol–water partition coefficient (Wildman–Crippen LogP) is 4.11. The Labute approximate surface area is 147 Å². The standard InChI is InChI=1S/C21H22BOP/c1-15-7-10-18(14-21(15)24-22)20-6-4-3-5-17(20)13-16-8-11-19(23-2)12-9-16/h3-12,14,24H,13,22H2,1-2H3. The smallest absolute Gasteiger partial charge is 0.136 e. The van der Waals surface area contributed by atoms with E-state index in [1.807, 2.05) is 12.1 Å². The highest BCUT2D eigenvalue weighted by atomic mass is 31.1. The molecule has 0 heterocycles. The highest BCUT2D eigenvalue weighted by Crippen LogP contribution is 2.27. The molecule has 24 heavy (non-hydrogen) atoms. The van der Waals surface area contributed by atoms with Gasteiger partial charge in [-0.2, -0.15) is 0 Å². The monoisotopic (exact) mass is 332 g/mol. The summed E-state index contributed by atoms with van der Waals surface area (Å²) in [5, 5.41) is 1.45. The molecule has 1 atom stereocenters. The van der Waals surface area contributed by atoms with Crippen molar-refractivity contribution in [1.29, 1.82) is 0 Å². The molecule has 120 valence electrons. The lowest BCUT2D eigenvalue weighted by Gasteiger charge is -2.13. The van der Waals surface area contributed by atoms with Crippen LogP contribution < -0.4 is 10.0 Å². The number of hydrogen-bond acceptors (Lipinski definition) is 1. The molecule has 0 saturated carbocycles. The molecule has 0 fully saturated rings. The van der Waals surface area contributed by atoms with Crippen LogP contribution in [0.2, 0.25) is 0 Å². The van der Waals surface area contributed by atoms with Crippen LogP contribution in [-0.4, -0.2) is 14.7 Å². The van der Waals surface area contributed by atoms with Crippen molar-refractivity contribution in [2.45, 2.75) is 13.3 Å². The van der Waals surface area contributed by atoms with Crippen molar-refractivity contribution >= 4 is 21.3 Å². The van der Waals surface area contributed by atoms with Gasteiger partial charge in [0, 0.05) is 0 Å². The topological polar surface area (TPSA) is 9.23 Å². The first-order valence-corrected chi connectivity index (χ1v) is 9.71. The maximum Gasteiger partial charge on any atom is 0.136 e. The molecule has 0 aliphatic heterocycles. The van der Waals surface area contributed by atoms with Gasteiger partial charge in [-0.3, -0.25) is 0 Å². The summed E-state index contributed by atoms with van der Waals surface area (Å²) in [6, 6.07) is 23.9. The van der Waals surface area contributed by atoms with E-state index in [0.717, 1.165) is 20.6 Å². The van der Waals surface area contributed by atoms with E-state index < -0.39 is 0 Å². The molecule has 3 rings (SSSR count). The highest BCUT2D eigenvalue weighted by Gasteiger charge is 2.07. The van der Waals surface area contributed by atoms with Crippen LogP contribution in [0.1, 0.15) is 16.7 Å². The van der Waals surface area contributed by atoms with Crippen LogP contribution in [0.5, 0.6) is 5.75 Å². The minimum Gasteiger partial charge on any atom is -0.497 e. The Hall–Kier alpha value is -2.05. The summed E-state index contributed by atoms with van der Waals surface area (Å²) < 4.78 is 5.25. The van der Waals surface area contributed by atoms with Crippen molar-refractivity contribution in [2.24, 2.45) is 0 Å². The highest BCUT2D eigenvalue weighted by molar-refractivity contribution is 7.73. The van der Waals surface area contributed by atoms with Gasteiger partial charge in [0.2, 0.25) is 0 Å². The molecule has 0 radical (unpaired) electrons. The van der Waals surface area contributed by atoms with Crippen LogP contribution in [0.25, 0.3) is 11.1 Å². The lowest BCUT2D eigenvalue weighted by Crippen LogP contribution is -2.01. The van der Waals surface area contributed by atoms with Gasteiger partial charge in [-0.05, 0) is 64.7 Å². The van der Waals surface area contributed by atoms with E-state index in [9.17, 15) is 0 Å². The Morgan fingerprint density at radius 2 is 1.71 bits per heavy atom. The van der Waals surface area contributed by atoms with Crippen molar-refractivity contribution in [3.63, 3.8) is 0 Å². The SMILES string of the molecule is BPc1cc(-c2ccccc2Cc2ccc(OC)cc2)ccc1C. The summed E-state index contributed by atoms with van der Waals surface area (Å²) in [6.45, 7) is 2.19. The average Bonchev–Trinajstić information content (AvgIpc) is 2.63. The number of hydrogen-bond donors (Lipinski definition) is 0. The van der Waals surface area contributed by atoms with Gasteiger partial charge in [-0.25, -0.2) is 0 Å². The largest absolute Gasteiger partial charge is 0.497 e. The second-order valence-corrected chi connectivity index (χ2v) is 7.00. The van der Waals surface area contributed by atoms with Crippen molar-refractivity contribution in [1.82, 2.24) is 0 Å². The maximum atomic E-state index is 5.25. The molecule has 0 aliphatic rings. The van der Waals surface area contributed by atoms with Crippen LogP contribution in [0, 0.1) is 6.92 Å². The fourth-order valence-corrected chi connectivity index (χ4v) is 3.76. The Morgan fingerprint density at radius 1 is 0.958 bits per heavy atom. The van der Waals surface area contributed by atoms with Crippen LogP contribution in [-0.2, 0) is 6.42 Å². The molecule has 0 amide bonds. The van der Waals surface area contributed by atoms with Crippen molar-refractivity contribution in [2.75, 3.05) is 7.11 Å². The van der Waals surface area contributed by atoms with E-state index in [2.05, 4.69) is 69.1 Å². The van der Waals surface area contributed by atoms with E-state index in [-0.39, 0.29) is 0 Å². The van der Waals surface area contributed by atoms with E-state index in [1.54, 1.807) is 7.11 Å². The summed E-state index contributed by atoms with van der Waals surface area (Å²) in [5.41, 5.74) is 6.68. The van der Waals surface area contributed by atoms with Crippen molar-refractivity contribution < 1.29 is 4.74 Å². The summed E-state index contributed by atoms with van der Waals surface area (Å²) in [6.07, 6.45) is 0.928. The van der Waals surface area contributed by atoms with Gasteiger partial charge in [-0.1, -0.05) is 48.5 Å². The summed E-state index contributed by atoms with van der Waals surface area (Å²) >= 11 is 0. The second-order valence-electron chi connectivity index (χ2n) is 5.96. The summed E-state index contributed by atoms with van der Waals surface area (Å²) in [5.74, 6) is 0.902. The Kier molecular flexibility index (Phi) is 5.38. The lowest BCUT2D eigenvalue weighted by atomic mass is 9.94. The minimum atomic E-state index is 0.825.